The summed E-state index contributed by atoms with van der Waals surface area (Å²) in [5.41, 5.74) is 2.77. The number of nitrogens with zero attached hydrogens (tertiary/aromatic N) is 2. The molecule has 0 aliphatic heterocycles. The zero-order chi connectivity index (χ0) is 9.71. The van der Waals surface area contributed by atoms with Gasteiger partial charge in [0.05, 0.1) is 17.3 Å². The van der Waals surface area contributed by atoms with Gasteiger partial charge in [-0.05, 0) is 6.92 Å². The predicted molar refractivity (Wildman–Crippen MR) is 54.9 cm³/mol. The number of rotatable bonds is 0. The number of hydrogen-bond donors (Lipinski definition) is 1. The van der Waals surface area contributed by atoms with E-state index in [4.69, 9.17) is 16.6 Å². The summed E-state index contributed by atoms with van der Waals surface area (Å²) >= 11 is 5.14. The summed E-state index contributed by atoms with van der Waals surface area (Å²) in [7, 11) is 0. The van der Waals surface area contributed by atoms with Gasteiger partial charge in [-0.3, -0.25) is 9.50 Å². The number of aromatic amines is 1. The maximum Gasteiger partial charge on any atom is 0.152 e. The first-order chi connectivity index (χ1) is 6.77. The molecule has 0 radical (unpaired) electrons. The molecule has 0 saturated carbocycles. The fourth-order valence-electron chi connectivity index (χ4n) is 1.68. The molecule has 0 unspecified atom stereocenters. The van der Waals surface area contributed by atoms with Crippen LogP contribution < -0.4 is 0 Å². The summed E-state index contributed by atoms with van der Waals surface area (Å²) in [6.07, 6.45) is 1.66. The number of nitrogens with one attached hydrogen (secondary N) is 1. The van der Waals surface area contributed by atoms with Crippen LogP contribution in [0.4, 0.5) is 0 Å². The fourth-order valence-corrected chi connectivity index (χ4v) is 1.88. The minimum atomic E-state index is 0.627. The Kier molecular flexibility index (Phi) is 1.36. The Morgan fingerprint density at radius 2 is 2.36 bits per heavy atom. The minimum absolute atomic E-state index is 0.627. The summed E-state index contributed by atoms with van der Waals surface area (Å²) in [5.74, 6) is 0.866. The van der Waals surface area contributed by atoms with Gasteiger partial charge in [-0.1, -0.05) is 12.2 Å². The van der Waals surface area contributed by atoms with Crippen molar-refractivity contribution < 1.29 is 4.42 Å². The van der Waals surface area contributed by atoms with Gasteiger partial charge in [-0.15, -0.1) is 0 Å². The molecule has 0 fully saturated rings. The van der Waals surface area contributed by atoms with Crippen molar-refractivity contribution in [1.29, 1.82) is 0 Å². The van der Waals surface area contributed by atoms with Crippen LogP contribution in [0, 0.1) is 11.6 Å². The zero-order valence-electron chi connectivity index (χ0n) is 7.44. The lowest BCUT2D eigenvalue weighted by molar-refractivity contribution is 0.616. The molecular formula is C9H7N3OS. The molecule has 3 heterocycles. The molecule has 0 atom stereocenters. The maximum absolute atomic E-state index is 5.30. The number of hydrogen-bond acceptors (Lipinski definition) is 3. The lowest BCUT2D eigenvalue weighted by Crippen LogP contribution is -1.97. The third kappa shape index (κ3) is 0.820. The number of aryl methyl sites for hydroxylation is 1. The Morgan fingerprint density at radius 3 is 3.21 bits per heavy atom. The molecule has 14 heavy (non-hydrogen) atoms. The third-order valence-corrected chi connectivity index (χ3v) is 2.60. The highest BCUT2D eigenvalue weighted by Gasteiger charge is 2.08. The van der Waals surface area contributed by atoms with Crippen molar-refractivity contribution >= 4 is 28.8 Å². The monoisotopic (exact) mass is 205 g/mol. The summed E-state index contributed by atoms with van der Waals surface area (Å²) < 4.78 is 7.91. The number of H-pyrrole nitrogens is 1. The topological polar surface area (TPSA) is 46.2 Å². The van der Waals surface area contributed by atoms with Crippen molar-refractivity contribution in [2.45, 2.75) is 6.92 Å². The Labute approximate surface area is 84.2 Å². The molecule has 3 rings (SSSR count). The zero-order valence-corrected chi connectivity index (χ0v) is 8.26. The molecule has 4 nitrogen and oxygen atoms in total. The van der Waals surface area contributed by atoms with Gasteiger partial charge in [0.2, 0.25) is 0 Å². The van der Waals surface area contributed by atoms with E-state index in [-0.39, 0.29) is 0 Å². The highest BCUT2D eigenvalue weighted by atomic mass is 32.1. The summed E-state index contributed by atoms with van der Waals surface area (Å²) in [6.45, 7) is 1.92. The molecule has 0 bridgehead atoms. The first kappa shape index (κ1) is 7.75. The van der Waals surface area contributed by atoms with E-state index < -0.39 is 0 Å². The van der Waals surface area contributed by atoms with Crippen molar-refractivity contribution in [2.75, 3.05) is 0 Å². The summed E-state index contributed by atoms with van der Waals surface area (Å²) in [4.78, 5) is 0. The van der Waals surface area contributed by atoms with E-state index in [1.165, 1.54) is 0 Å². The largest absolute Gasteiger partial charge is 0.463 e. The van der Waals surface area contributed by atoms with Gasteiger partial charge in [-0.2, -0.15) is 5.10 Å². The molecule has 0 amide bonds. The number of fused-ring (bicyclic) bond motifs is 3. The Morgan fingerprint density at radius 1 is 1.50 bits per heavy atom. The first-order valence-electron chi connectivity index (χ1n) is 4.21. The molecule has 1 N–H and O–H groups in total. The van der Waals surface area contributed by atoms with Gasteiger partial charge < -0.3 is 4.42 Å². The van der Waals surface area contributed by atoms with E-state index >= 15 is 0 Å². The molecule has 0 aromatic carbocycles. The van der Waals surface area contributed by atoms with Crippen molar-refractivity contribution in [3.63, 3.8) is 0 Å². The highest BCUT2D eigenvalue weighted by Crippen LogP contribution is 2.21. The van der Waals surface area contributed by atoms with E-state index in [9.17, 15) is 0 Å². The Hall–Kier alpha value is -1.62. The molecule has 5 heteroatoms. The van der Waals surface area contributed by atoms with Crippen LogP contribution in [-0.2, 0) is 0 Å². The summed E-state index contributed by atoms with van der Waals surface area (Å²) in [5, 5.41) is 6.90. The smallest absolute Gasteiger partial charge is 0.152 e. The van der Waals surface area contributed by atoms with Crippen LogP contribution in [0.3, 0.4) is 0 Å². The molecule has 0 spiro atoms. The third-order valence-electron chi connectivity index (χ3n) is 2.30. The van der Waals surface area contributed by atoms with Gasteiger partial charge in [-0.25, -0.2) is 0 Å². The van der Waals surface area contributed by atoms with Crippen LogP contribution in [0.25, 0.3) is 16.6 Å². The highest BCUT2D eigenvalue weighted by molar-refractivity contribution is 7.71. The molecule has 0 aliphatic carbocycles. The van der Waals surface area contributed by atoms with E-state index in [0.29, 0.717) is 4.64 Å². The van der Waals surface area contributed by atoms with Crippen LogP contribution in [0.5, 0.6) is 0 Å². The molecular weight excluding hydrogens is 198 g/mol. The normalized spacial score (nSPS) is 11.5. The van der Waals surface area contributed by atoms with Crippen molar-refractivity contribution in [3.05, 3.63) is 28.9 Å². The lowest BCUT2D eigenvalue weighted by Gasteiger charge is -1.98. The van der Waals surface area contributed by atoms with Gasteiger partial charge in [0.1, 0.15) is 10.5 Å². The van der Waals surface area contributed by atoms with E-state index in [1.807, 2.05) is 23.5 Å². The molecule has 3 aromatic heterocycles. The number of furan rings is 1. The van der Waals surface area contributed by atoms with Crippen molar-refractivity contribution in [1.82, 2.24) is 14.6 Å². The summed E-state index contributed by atoms with van der Waals surface area (Å²) in [6, 6.07) is 3.83. The molecule has 70 valence electrons. The Balaban J connectivity index is 2.75. The van der Waals surface area contributed by atoms with Crippen LogP contribution in [0.15, 0.2) is 22.8 Å². The van der Waals surface area contributed by atoms with Gasteiger partial charge >= 0.3 is 0 Å². The molecule has 0 saturated heterocycles. The van der Waals surface area contributed by atoms with E-state index in [1.54, 1.807) is 6.26 Å². The van der Waals surface area contributed by atoms with Crippen LogP contribution in [0.2, 0.25) is 0 Å². The second-order valence-electron chi connectivity index (χ2n) is 3.14. The van der Waals surface area contributed by atoms with Crippen molar-refractivity contribution in [3.8, 4) is 0 Å². The first-order valence-corrected chi connectivity index (χ1v) is 4.62. The second-order valence-corrected chi connectivity index (χ2v) is 3.54. The van der Waals surface area contributed by atoms with Crippen molar-refractivity contribution in [2.24, 2.45) is 0 Å². The molecule has 3 aromatic rings. The van der Waals surface area contributed by atoms with E-state index in [2.05, 4.69) is 10.2 Å². The minimum Gasteiger partial charge on any atom is -0.463 e. The average molecular weight is 205 g/mol. The maximum atomic E-state index is 5.30. The predicted octanol–water partition coefficient (Wildman–Crippen LogP) is 2.45. The van der Waals surface area contributed by atoms with Gasteiger partial charge in [0, 0.05) is 12.1 Å². The van der Waals surface area contributed by atoms with Gasteiger partial charge in [0.15, 0.2) is 5.58 Å². The van der Waals surface area contributed by atoms with Crippen LogP contribution >= 0.6 is 12.2 Å². The van der Waals surface area contributed by atoms with E-state index in [0.717, 1.165) is 22.4 Å². The second kappa shape index (κ2) is 2.45. The lowest BCUT2D eigenvalue weighted by atomic mass is 10.5. The standard InChI is InChI=1S/C9H7N3OS/c1-5-10-11-9(14)7-4-8-6(12(5)7)2-3-13-8/h2-4H,1H3,(H,11,14). The number of aromatic nitrogens is 3. The van der Waals surface area contributed by atoms with Gasteiger partial charge in [0.25, 0.3) is 0 Å². The SMILES string of the molecule is Cc1n[nH]c(=S)c2cc3occc3n12. The van der Waals surface area contributed by atoms with Crippen LogP contribution in [0.1, 0.15) is 5.82 Å². The quantitative estimate of drug-likeness (QED) is 0.573. The fraction of sp³-hybridized carbons (Fsp3) is 0.111. The molecule has 0 aliphatic rings. The van der Waals surface area contributed by atoms with Crippen LogP contribution in [-0.4, -0.2) is 14.6 Å². The average Bonchev–Trinajstić information content (AvgIpc) is 2.70. The Bertz CT molecular complexity index is 676.